The quantitative estimate of drug-likeness (QED) is 0.139. The molecule has 10 rings (SSSR count). The zero-order chi connectivity index (χ0) is 53.8. The predicted octanol–water partition coefficient (Wildman–Crippen LogP) is 18.2. The van der Waals surface area contributed by atoms with E-state index >= 15 is 0 Å². The molecule has 72 heavy (non-hydrogen) atoms. The smallest absolute Gasteiger partial charge is 0.507 e. The molecule has 0 aliphatic heterocycles. The average Bonchev–Trinajstić information content (AvgIpc) is 3.95. The molecule has 0 saturated heterocycles. The van der Waals surface area contributed by atoms with Crippen LogP contribution in [0.3, 0.4) is 0 Å². The zero-order valence-corrected chi connectivity index (χ0v) is 44.4. The monoisotopic (exact) mass is 1130 g/mol. The van der Waals surface area contributed by atoms with Crippen LogP contribution in [-0.2, 0) is 26.5 Å². The molecule has 10 aromatic rings. The molecule has 4 nitrogen and oxygen atoms in total. The maximum absolute atomic E-state index is 12.6. The number of imidazole rings is 1. The second-order valence-corrected chi connectivity index (χ2v) is 19.9. The first-order chi connectivity index (χ1) is 36.1. The van der Waals surface area contributed by atoms with Gasteiger partial charge in [0.05, 0.1) is 22.3 Å². The summed E-state index contributed by atoms with van der Waals surface area (Å²) >= 11 is 0. The Morgan fingerprint density at radius 3 is 1.88 bits per heavy atom. The molecular weight excluding hydrogens is 1060 g/mol. The minimum absolute atomic E-state index is 0. The van der Waals surface area contributed by atoms with Gasteiger partial charge >= 0.3 is 21.1 Å². The van der Waals surface area contributed by atoms with Gasteiger partial charge in [-0.15, -0.1) is 23.8 Å². The van der Waals surface area contributed by atoms with Gasteiger partial charge in [-0.1, -0.05) is 204 Å². The Kier molecular flexibility index (Phi) is 12.7. The fourth-order valence-electron chi connectivity index (χ4n) is 9.45. The molecule has 362 valence electrons. The van der Waals surface area contributed by atoms with Crippen molar-refractivity contribution in [1.82, 2.24) is 14.5 Å². The summed E-state index contributed by atoms with van der Waals surface area (Å²) in [5.41, 5.74) is 15.4. The van der Waals surface area contributed by atoms with Crippen molar-refractivity contribution in [3.8, 4) is 89.7 Å². The first-order valence-electron chi connectivity index (χ1n) is 27.1. The molecule has 2 heterocycles. The van der Waals surface area contributed by atoms with Gasteiger partial charge in [-0.3, -0.25) is 9.55 Å². The van der Waals surface area contributed by atoms with E-state index in [0.29, 0.717) is 39.4 Å². The summed E-state index contributed by atoms with van der Waals surface area (Å²) in [6.45, 7) is 10.2. The molecule has 0 atom stereocenters. The number of fused-ring (bicyclic) bond motifs is 1. The van der Waals surface area contributed by atoms with Crippen LogP contribution in [0, 0.1) is 27.2 Å². The molecule has 1 N–H and O–H groups in total. The van der Waals surface area contributed by atoms with E-state index in [2.05, 4.69) is 109 Å². The molecule has 0 aliphatic carbocycles. The van der Waals surface area contributed by atoms with Crippen LogP contribution in [0.1, 0.15) is 96.3 Å². The van der Waals surface area contributed by atoms with Gasteiger partial charge in [0.1, 0.15) is 11.6 Å². The Bertz CT molecular complexity index is 3760. The Hall–Kier alpha value is -7.13. The van der Waals surface area contributed by atoms with Crippen molar-refractivity contribution in [3.05, 3.63) is 223 Å². The third-order valence-electron chi connectivity index (χ3n) is 13.4. The summed E-state index contributed by atoms with van der Waals surface area (Å²) < 4.78 is 53.0. The normalized spacial score (nSPS) is 13.1. The first-order valence-corrected chi connectivity index (χ1v) is 24.1. The number of aryl methyl sites for hydroxylation is 2. The second kappa shape index (κ2) is 20.9. The molecular formula is C67H63N3OPt. The second-order valence-electron chi connectivity index (χ2n) is 19.9. The maximum atomic E-state index is 12.6. The number of aromatic nitrogens is 3. The minimum Gasteiger partial charge on any atom is -0.507 e. The number of aromatic hydroxyl groups is 1. The Morgan fingerprint density at radius 2 is 1.22 bits per heavy atom. The summed E-state index contributed by atoms with van der Waals surface area (Å²) in [5.74, 6) is 0.664. The van der Waals surface area contributed by atoms with Gasteiger partial charge in [-0.05, 0) is 117 Å². The van der Waals surface area contributed by atoms with E-state index < -0.39 is 13.7 Å². The van der Waals surface area contributed by atoms with Gasteiger partial charge < -0.3 is 12.5 Å². The number of para-hydroxylation sites is 1. The molecule has 0 aliphatic rings. The van der Waals surface area contributed by atoms with Crippen molar-refractivity contribution in [2.24, 2.45) is 0 Å². The Labute approximate surface area is 450 Å². The van der Waals surface area contributed by atoms with Crippen LogP contribution in [0.5, 0.6) is 5.75 Å². The van der Waals surface area contributed by atoms with Crippen molar-refractivity contribution in [2.75, 3.05) is 0 Å². The van der Waals surface area contributed by atoms with E-state index in [1.807, 2.05) is 114 Å². The first kappa shape index (κ1) is 43.6. The van der Waals surface area contributed by atoms with E-state index in [1.54, 1.807) is 18.3 Å². The predicted molar refractivity (Wildman–Crippen MR) is 300 cm³/mol. The van der Waals surface area contributed by atoms with Crippen LogP contribution in [0.25, 0.3) is 95.0 Å². The van der Waals surface area contributed by atoms with Crippen molar-refractivity contribution >= 4 is 11.0 Å². The number of phenolic OH excluding ortho intramolecular Hbond substituents is 1. The number of pyridine rings is 1. The largest absolute Gasteiger partial charge is 2.00 e. The number of hydrogen-bond donors (Lipinski definition) is 1. The Morgan fingerprint density at radius 1 is 0.569 bits per heavy atom. The fraction of sp³-hybridized carbons (Fsp3) is 0.179. The summed E-state index contributed by atoms with van der Waals surface area (Å²) in [5, 5.41) is 12.6. The van der Waals surface area contributed by atoms with Crippen LogP contribution in [0.15, 0.2) is 182 Å². The van der Waals surface area contributed by atoms with Crippen molar-refractivity contribution in [1.29, 1.82) is 0 Å². The van der Waals surface area contributed by atoms with Crippen LogP contribution in [0.2, 0.25) is 0 Å². The number of rotatable bonds is 10. The molecule has 2 aromatic heterocycles. The molecule has 0 fully saturated rings. The zero-order valence-electron chi connectivity index (χ0n) is 48.1. The van der Waals surface area contributed by atoms with Gasteiger partial charge in [0, 0.05) is 25.7 Å². The van der Waals surface area contributed by atoms with Gasteiger partial charge in [-0.25, -0.2) is 4.98 Å². The van der Waals surface area contributed by atoms with Gasteiger partial charge in [0.25, 0.3) is 0 Å². The summed E-state index contributed by atoms with van der Waals surface area (Å²) in [7, 11) is 0. The van der Waals surface area contributed by atoms with Crippen LogP contribution in [-0.4, -0.2) is 19.6 Å². The number of phenols is 1. The standard InChI is InChI=1S/C66H60N3O.CH3.Pt/c1-41(2)50-37-56(42(3)4)64(70)59(38-50)65-68-63-55(52-34-51(45-17-12-10-13-18-45)35-53(36-52)60-39-49(31-32-67-60)46-25-23-43(5)24-26-46)21-16-22-61(63)69(65)62-33-44(6)57(47-19-14-11-15-20-47)40-58(62)48-27-29-54(30-28-48)66(7,8)9;;/h10-35,37-42,70H,1-9H3;1H3;/q2*-1;+2/i5D3,6D3;;. The minimum atomic E-state index is -2.52. The number of hydrogen-bond acceptors (Lipinski definition) is 3. The molecule has 8 aromatic carbocycles. The van der Waals surface area contributed by atoms with E-state index in [9.17, 15) is 5.11 Å². The van der Waals surface area contributed by atoms with E-state index in [0.717, 1.165) is 72.3 Å². The Balaban J connectivity index is 0.00000401. The number of nitrogens with zero attached hydrogens (tertiary/aromatic N) is 3. The average molecular weight is 1130 g/mol. The van der Waals surface area contributed by atoms with Crippen LogP contribution >= 0.6 is 0 Å². The van der Waals surface area contributed by atoms with E-state index in [4.69, 9.17) is 18.2 Å². The van der Waals surface area contributed by atoms with Crippen molar-refractivity contribution in [3.63, 3.8) is 0 Å². The summed E-state index contributed by atoms with van der Waals surface area (Å²) in [6, 6.07) is 61.1. The molecule has 0 radical (unpaired) electrons. The molecule has 5 heteroatoms. The third-order valence-corrected chi connectivity index (χ3v) is 13.4. The topological polar surface area (TPSA) is 50.9 Å². The maximum Gasteiger partial charge on any atom is 2.00 e. The molecule has 0 spiro atoms. The van der Waals surface area contributed by atoms with E-state index in [1.165, 1.54) is 0 Å². The third kappa shape index (κ3) is 10.0. The van der Waals surface area contributed by atoms with E-state index in [-0.39, 0.29) is 62.6 Å². The van der Waals surface area contributed by atoms with Gasteiger partial charge in [0.15, 0.2) is 0 Å². The number of benzene rings is 8. The molecule has 0 unspecified atom stereocenters. The van der Waals surface area contributed by atoms with Crippen molar-refractivity contribution in [2.45, 2.75) is 79.4 Å². The molecule has 0 amide bonds. The SMILES string of the molecule is [2H]C([2H])([2H])c1ccc(-c2ccnc(-c3[c-]c(-c4cccc5c4nc(-c4cc(C(C)C)cc(C(C)C)c4O)n5-c4cc(C([2H])([2H])[2H])c(-c5ccccc5)cc4-c4ccc(C(C)(C)C)cc4)cc(-c4ccccc4)c3)c2)cc1.[CH3-].[Pt+2]. The summed E-state index contributed by atoms with van der Waals surface area (Å²) in [4.78, 5) is 10.5. The fourth-order valence-corrected chi connectivity index (χ4v) is 9.45. The van der Waals surface area contributed by atoms with Gasteiger partial charge in [0.2, 0.25) is 0 Å². The van der Waals surface area contributed by atoms with Gasteiger partial charge in [-0.2, -0.15) is 0 Å². The summed E-state index contributed by atoms with van der Waals surface area (Å²) in [6.07, 6.45) is 1.76. The molecule has 0 bridgehead atoms. The van der Waals surface area contributed by atoms with Crippen molar-refractivity contribution < 1.29 is 34.4 Å². The molecule has 0 saturated carbocycles. The van der Waals surface area contributed by atoms with Crippen LogP contribution in [0.4, 0.5) is 0 Å². The van der Waals surface area contributed by atoms with Crippen LogP contribution < -0.4 is 0 Å².